The quantitative estimate of drug-likeness (QED) is 0.835. The summed E-state index contributed by atoms with van der Waals surface area (Å²) in [7, 11) is 0. The number of nitrogens with zero attached hydrogens (tertiary/aromatic N) is 2. The molecular formula is C15H20N2OS2. The topological polar surface area (TPSA) is 23.6 Å². The minimum absolute atomic E-state index is 0.192. The maximum absolute atomic E-state index is 12.5. The van der Waals surface area contributed by atoms with Crippen molar-refractivity contribution in [2.24, 2.45) is 0 Å². The summed E-state index contributed by atoms with van der Waals surface area (Å²) in [5.74, 6) is 3.65. The van der Waals surface area contributed by atoms with E-state index in [1.165, 1.54) is 11.4 Å². The summed E-state index contributed by atoms with van der Waals surface area (Å²) in [5.41, 5.74) is 1.27. The van der Waals surface area contributed by atoms with Gasteiger partial charge in [0, 0.05) is 49.1 Å². The van der Waals surface area contributed by atoms with Crippen molar-refractivity contribution in [1.29, 1.82) is 0 Å². The third-order valence-corrected chi connectivity index (χ3v) is 6.55. The van der Waals surface area contributed by atoms with Gasteiger partial charge in [0.1, 0.15) is 0 Å². The molecule has 0 spiro atoms. The van der Waals surface area contributed by atoms with Crippen LogP contribution in [0.2, 0.25) is 0 Å². The van der Waals surface area contributed by atoms with Crippen LogP contribution in [-0.4, -0.2) is 59.5 Å². The molecule has 3 nitrogen and oxygen atoms in total. The summed E-state index contributed by atoms with van der Waals surface area (Å²) in [6, 6.07) is 10.5. The molecule has 108 valence electrons. The van der Waals surface area contributed by atoms with Gasteiger partial charge in [-0.3, -0.25) is 4.79 Å². The third-order valence-electron chi connectivity index (χ3n) is 3.80. The summed E-state index contributed by atoms with van der Waals surface area (Å²) in [6.07, 6.45) is 0. The van der Waals surface area contributed by atoms with Gasteiger partial charge in [0.25, 0.3) is 0 Å². The highest BCUT2D eigenvalue weighted by atomic mass is 32.2. The molecule has 0 radical (unpaired) electrons. The van der Waals surface area contributed by atoms with Crippen molar-refractivity contribution in [1.82, 2.24) is 4.90 Å². The van der Waals surface area contributed by atoms with Gasteiger partial charge in [-0.15, -0.1) is 11.8 Å². The van der Waals surface area contributed by atoms with Crippen LogP contribution in [0.1, 0.15) is 0 Å². The van der Waals surface area contributed by atoms with Gasteiger partial charge in [0.15, 0.2) is 0 Å². The van der Waals surface area contributed by atoms with E-state index in [9.17, 15) is 4.79 Å². The van der Waals surface area contributed by atoms with Crippen LogP contribution >= 0.6 is 23.5 Å². The first-order chi connectivity index (χ1) is 9.84. The van der Waals surface area contributed by atoms with E-state index in [1.807, 2.05) is 29.6 Å². The molecule has 2 fully saturated rings. The molecule has 20 heavy (non-hydrogen) atoms. The molecule has 1 atom stereocenters. The van der Waals surface area contributed by atoms with Crippen LogP contribution in [-0.2, 0) is 4.79 Å². The molecule has 0 bridgehead atoms. The number of anilines is 1. The largest absolute Gasteiger partial charge is 0.368 e. The van der Waals surface area contributed by atoms with Crippen molar-refractivity contribution in [2.75, 3.05) is 48.3 Å². The summed E-state index contributed by atoms with van der Waals surface area (Å²) in [6.45, 7) is 3.60. The second kappa shape index (κ2) is 6.76. The number of benzene rings is 1. The Morgan fingerprint density at radius 3 is 2.45 bits per heavy atom. The normalized spacial score (nSPS) is 23.7. The molecule has 3 rings (SSSR count). The summed E-state index contributed by atoms with van der Waals surface area (Å²) >= 11 is 3.75. The Balaban J connectivity index is 1.54. The molecule has 1 aromatic rings. The first-order valence-corrected chi connectivity index (χ1v) is 9.33. The third kappa shape index (κ3) is 3.26. The van der Waals surface area contributed by atoms with Crippen LogP contribution < -0.4 is 4.90 Å². The lowest BCUT2D eigenvalue weighted by Gasteiger charge is -2.38. The van der Waals surface area contributed by atoms with Crippen molar-refractivity contribution in [3.05, 3.63) is 30.3 Å². The molecule has 2 saturated heterocycles. The van der Waals surface area contributed by atoms with Crippen LogP contribution in [0.5, 0.6) is 0 Å². The Hall–Kier alpha value is -0.810. The van der Waals surface area contributed by atoms with Crippen molar-refractivity contribution < 1.29 is 4.79 Å². The molecule has 0 aliphatic carbocycles. The van der Waals surface area contributed by atoms with Crippen LogP contribution in [0.15, 0.2) is 30.3 Å². The fourth-order valence-corrected chi connectivity index (χ4v) is 5.29. The van der Waals surface area contributed by atoms with E-state index in [-0.39, 0.29) is 5.25 Å². The van der Waals surface area contributed by atoms with Crippen molar-refractivity contribution in [3.63, 3.8) is 0 Å². The number of carbonyl (C=O) groups is 1. The van der Waals surface area contributed by atoms with E-state index < -0.39 is 0 Å². The SMILES string of the molecule is O=C(C1CSCCS1)N1CCN(c2ccccc2)CC1. The number of hydrogen-bond acceptors (Lipinski definition) is 4. The monoisotopic (exact) mass is 308 g/mol. The molecule has 5 heteroatoms. The zero-order valence-corrected chi connectivity index (χ0v) is 13.2. The fourth-order valence-electron chi connectivity index (χ4n) is 2.66. The van der Waals surface area contributed by atoms with Crippen LogP contribution in [0, 0.1) is 0 Å². The fraction of sp³-hybridized carbons (Fsp3) is 0.533. The minimum atomic E-state index is 0.192. The van der Waals surface area contributed by atoms with Crippen molar-refractivity contribution >= 4 is 35.1 Å². The number of carbonyl (C=O) groups excluding carboxylic acids is 1. The average molecular weight is 308 g/mol. The van der Waals surface area contributed by atoms with Gasteiger partial charge < -0.3 is 9.80 Å². The number of piperazine rings is 1. The van der Waals surface area contributed by atoms with Gasteiger partial charge in [0.2, 0.25) is 5.91 Å². The maximum atomic E-state index is 12.5. The van der Waals surface area contributed by atoms with E-state index in [4.69, 9.17) is 0 Å². The Morgan fingerprint density at radius 1 is 1.05 bits per heavy atom. The second-order valence-electron chi connectivity index (χ2n) is 5.08. The van der Waals surface area contributed by atoms with E-state index in [1.54, 1.807) is 0 Å². The van der Waals surface area contributed by atoms with E-state index in [0.717, 1.165) is 37.7 Å². The van der Waals surface area contributed by atoms with Gasteiger partial charge >= 0.3 is 0 Å². The molecule has 2 heterocycles. The predicted molar refractivity (Wildman–Crippen MR) is 88.8 cm³/mol. The van der Waals surface area contributed by atoms with E-state index >= 15 is 0 Å². The summed E-state index contributed by atoms with van der Waals surface area (Å²) in [5, 5.41) is 0.192. The molecule has 1 aromatic carbocycles. The zero-order chi connectivity index (χ0) is 13.8. The highest BCUT2D eigenvalue weighted by molar-refractivity contribution is 8.07. The molecule has 1 amide bonds. The van der Waals surface area contributed by atoms with Gasteiger partial charge in [-0.05, 0) is 12.1 Å². The number of hydrogen-bond donors (Lipinski definition) is 0. The molecular weight excluding hydrogens is 288 g/mol. The van der Waals surface area contributed by atoms with E-state index in [2.05, 4.69) is 34.1 Å². The zero-order valence-electron chi connectivity index (χ0n) is 11.5. The molecule has 2 aliphatic heterocycles. The summed E-state index contributed by atoms with van der Waals surface area (Å²) < 4.78 is 0. The van der Waals surface area contributed by atoms with Crippen LogP contribution in [0.4, 0.5) is 5.69 Å². The highest BCUT2D eigenvalue weighted by Gasteiger charge is 2.29. The second-order valence-corrected chi connectivity index (χ2v) is 7.54. The lowest BCUT2D eigenvalue weighted by molar-refractivity contribution is -0.130. The van der Waals surface area contributed by atoms with Gasteiger partial charge in [-0.2, -0.15) is 11.8 Å². The smallest absolute Gasteiger partial charge is 0.236 e. The Kier molecular flexibility index (Phi) is 4.78. The molecule has 0 aromatic heterocycles. The van der Waals surface area contributed by atoms with Crippen molar-refractivity contribution in [3.8, 4) is 0 Å². The minimum Gasteiger partial charge on any atom is -0.368 e. The predicted octanol–water partition coefficient (Wildman–Crippen LogP) is 2.18. The summed E-state index contributed by atoms with van der Waals surface area (Å²) in [4.78, 5) is 16.9. The van der Waals surface area contributed by atoms with Crippen LogP contribution in [0.3, 0.4) is 0 Å². The Labute approximate surface area is 129 Å². The molecule has 1 unspecified atom stereocenters. The van der Waals surface area contributed by atoms with Gasteiger partial charge in [0.05, 0.1) is 5.25 Å². The van der Waals surface area contributed by atoms with Gasteiger partial charge in [-0.25, -0.2) is 0 Å². The molecule has 2 aliphatic rings. The first-order valence-electron chi connectivity index (χ1n) is 7.13. The number of para-hydroxylation sites is 1. The van der Waals surface area contributed by atoms with E-state index in [0.29, 0.717) is 5.91 Å². The average Bonchev–Trinajstić information content (AvgIpc) is 2.56. The first kappa shape index (κ1) is 14.1. The van der Waals surface area contributed by atoms with Gasteiger partial charge in [-0.1, -0.05) is 18.2 Å². The Morgan fingerprint density at radius 2 is 1.80 bits per heavy atom. The van der Waals surface area contributed by atoms with Crippen molar-refractivity contribution in [2.45, 2.75) is 5.25 Å². The standard InChI is InChI=1S/C15H20N2OS2/c18-15(14-12-19-10-11-20-14)17-8-6-16(7-9-17)13-4-2-1-3-5-13/h1-5,14H,6-12H2. The maximum Gasteiger partial charge on any atom is 0.236 e. The number of amides is 1. The molecule has 0 saturated carbocycles. The lowest BCUT2D eigenvalue weighted by atomic mass is 10.2. The van der Waals surface area contributed by atoms with Crippen LogP contribution in [0.25, 0.3) is 0 Å². The molecule has 0 N–H and O–H groups in total. The Bertz CT molecular complexity index is 440. The number of thioether (sulfide) groups is 2. The number of rotatable bonds is 2. The lowest BCUT2D eigenvalue weighted by Crippen LogP contribution is -2.51. The highest BCUT2D eigenvalue weighted by Crippen LogP contribution is 2.26.